The molecule has 2 aromatic rings. The van der Waals surface area contributed by atoms with E-state index in [1.54, 1.807) is 11.2 Å². The Labute approximate surface area is 168 Å². The number of H-pyrrole nitrogens is 1. The Kier molecular flexibility index (Phi) is 5.04. The van der Waals surface area contributed by atoms with Crippen LogP contribution in [0.3, 0.4) is 0 Å². The first-order valence-electron chi connectivity index (χ1n) is 9.56. The number of hydrogen-bond acceptors (Lipinski definition) is 6. The molecule has 0 unspecified atom stereocenters. The molecule has 154 valence electrons. The van der Waals surface area contributed by atoms with E-state index in [0.717, 1.165) is 17.0 Å². The van der Waals surface area contributed by atoms with Crippen molar-refractivity contribution in [3.63, 3.8) is 0 Å². The fraction of sp³-hybridized carbons (Fsp3) is 0.450. The summed E-state index contributed by atoms with van der Waals surface area (Å²) in [5.74, 6) is 0.736. The second-order valence-electron chi connectivity index (χ2n) is 7.42. The number of urea groups is 1. The Morgan fingerprint density at radius 3 is 2.86 bits per heavy atom. The number of hydrogen-bond donors (Lipinski definition) is 2. The molecule has 3 heterocycles. The zero-order chi connectivity index (χ0) is 20.5. The topological polar surface area (TPSA) is 106 Å². The molecule has 0 saturated carbocycles. The molecule has 0 spiro atoms. The van der Waals surface area contributed by atoms with Gasteiger partial charge in [-0.05, 0) is 23.6 Å². The zero-order valence-corrected chi connectivity index (χ0v) is 16.6. The van der Waals surface area contributed by atoms with E-state index in [1.165, 1.54) is 7.11 Å². The fourth-order valence-corrected chi connectivity index (χ4v) is 3.76. The first-order chi connectivity index (χ1) is 14.0. The van der Waals surface area contributed by atoms with E-state index >= 15 is 0 Å². The van der Waals surface area contributed by atoms with Crippen molar-refractivity contribution in [2.24, 2.45) is 5.92 Å². The summed E-state index contributed by atoms with van der Waals surface area (Å²) in [6.45, 7) is 4.38. The van der Waals surface area contributed by atoms with Crippen LogP contribution in [0.1, 0.15) is 36.8 Å². The average molecular weight is 400 g/mol. The van der Waals surface area contributed by atoms with Crippen molar-refractivity contribution in [3.05, 3.63) is 41.5 Å². The van der Waals surface area contributed by atoms with Crippen LogP contribution in [-0.2, 0) is 16.0 Å². The number of fused-ring (bicyclic) bond motifs is 2. The van der Waals surface area contributed by atoms with Crippen molar-refractivity contribution in [2.45, 2.75) is 32.4 Å². The summed E-state index contributed by atoms with van der Waals surface area (Å²) in [6.07, 6.45) is 2.28. The number of esters is 1. The van der Waals surface area contributed by atoms with E-state index in [4.69, 9.17) is 14.2 Å². The van der Waals surface area contributed by atoms with Gasteiger partial charge in [-0.2, -0.15) is 0 Å². The van der Waals surface area contributed by atoms with Gasteiger partial charge >= 0.3 is 12.0 Å². The Balaban J connectivity index is 1.66. The summed E-state index contributed by atoms with van der Waals surface area (Å²) < 4.78 is 15.8. The molecule has 2 atom stereocenters. The summed E-state index contributed by atoms with van der Waals surface area (Å²) in [7, 11) is 1.32. The molecule has 9 nitrogen and oxygen atoms in total. The lowest BCUT2D eigenvalue weighted by Crippen LogP contribution is -2.53. The smallest absolute Gasteiger partial charge is 0.328 e. The monoisotopic (exact) mass is 400 g/mol. The highest BCUT2D eigenvalue weighted by Crippen LogP contribution is 2.39. The summed E-state index contributed by atoms with van der Waals surface area (Å²) in [5, 5.41) is 2.83. The van der Waals surface area contributed by atoms with Crippen LogP contribution in [0.2, 0.25) is 0 Å². The number of aromatic nitrogens is 2. The standard InChI is InChI=1S/C20H24N4O5/c1-11(2)16(19(25)27-3)23-20(26)24-7-6-13-17(22-9-21-13)18(24)12-4-5-14-15(8-12)29-10-28-14/h4-5,8-9,11,16,18H,6-7,10H2,1-3H3,(H,21,22)(H,23,26)/t16-,18-/m0/s1. The molecule has 1 aromatic carbocycles. The Morgan fingerprint density at radius 2 is 2.10 bits per heavy atom. The lowest BCUT2D eigenvalue weighted by atomic mass is 9.95. The van der Waals surface area contributed by atoms with Gasteiger partial charge in [0.25, 0.3) is 0 Å². The molecule has 2 amide bonds. The summed E-state index contributed by atoms with van der Waals surface area (Å²) in [6, 6.07) is 4.13. The second kappa shape index (κ2) is 7.65. The summed E-state index contributed by atoms with van der Waals surface area (Å²) in [5.41, 5.74) is 2.63. The molecular formula is C20H24N4O5. The van der Waals surface area contributed by atoms with Gasteiger partial charge in [-0.3, -0.25) is 0 Å². The van der Waals surface area contributed by atoms with Crippen LogP contribution < -0.4 is 14.8 Å². The first kappa shape index (κ1) is 19.1. The third-order valence-corrected chi connectivity index (χ3v) is 5.30. The van der Waals surface area contributed by atoms with E-state index in [2.05, 4.69) is 15.3 Å². The minimum atomic E-state index is -0.731. The number of aromatic amines is 1. The maximum Gasteiger partial charge on any atom is 0.328 e. The molecule has 0 bridgehead atoms. The fourth-order valence-electron chi connectivity index (χ4n) is 3.76. The van der Waals surface area contributed by atoms with Crippen molar-refractivity contribution >= 4 is 12.0 Å². The van der Waals surface area contributed by atoms with E-state index in [1.807, 2.05) is 32.0 Å². The van der Waals surface area contributed by atoms with Crippen LogP contribution >= 0.6 is 0 Å². The van der Waals surface area contributed by atoms with Crippen molar-refractivity contribution in [2.75, 3.05) is 20.4 Å². The van der Waals surface area contributed by atoms with Crippen molar-refractivity contribution < 1.29 is 23.8 Å². The van der Waals surface area contributed by atoms with Gasteiger partial charge in [0.2, 0.25) is 6.79 Å². The molecule has 0 aliphatic carbocycles. The molecule has 29 heavy (non-hydrogen) atoms. The molecule has 2 aliphatic heterocycles. The van der Waals surface area contributed by atoms with E-state index in [-0.39, 0.29) is 18.7 Å². The molecule has 4 rings (SSSR count). The number of carbonyl (C=O) groups is 2. The number of amides is 2. The number of carbonyl (C=O) groups excluding carboxylic acids is 2. The van der Waals surface area contributed by atoms with Crippen LogP contribution in [0.15, 0.2) is 24.5 Å². The van der Waals surface area contributed by atoms with Gasteiger partial charge in [-0.15, -0.1) is 0 Å². The normalized spacial score (nSPS) is 18.3. The SMILES string of the molecule is COC(=O)[C@@H](NC(=O)N1CCc2[nH]cnc2[C@@H]1c1ccc2c(c1)OCO2)C(C)C. The van der Waals surface area contributed by atoms with Gasteiger partial charge in [0, 0.05) is 18.7 Å². The number of imidazole rings is 1. The molecular weight excluding hydrogens is 376 g/mol. The molecule has 0 radical (unpaired) electrons. The number of rotatable bonds is 4. The highest BCUT2D eigenvalue weighted by molar-refractivity contribution is 5.84. The molecule has 2 N–H and O–H groups in total. The third-order valence-electron chi connectivity index (χ3n) is 5.30. The average Bonchev–Trinajstić information content (AvgIpc) is 3.38. The Hall–Kier alpha value is -3.23. The van der Waals surface area contributed by atoms with Gasteiger partial charge in [0.05, 0.1) is 19.1 Å². The maximum absolute atomic E-state index is 13.2. The van der Waals surface area contributed by atoms with Crippen LogP contribution in [-0.4, -0.2) is 53.4 Å². The number of nitrogens with zero attached hydrogens (tertiary/aromatic N) is 2. The molecule has 1 aromatic heterocycles. The molecule has 9 heteroatoms. The predicted octanol–water partition coefficient (Wildman–Crippen LogP) is 1.99. The largest absolute Gasteiger partial charge is 0.467 e. The quantitative estimate of drug-likeness (QED) is 0.761. The van der Waals surface area contributed by atoms with Gasteiger partial charge in [-0.1, -0.05) is 19.9 Å². The molecule has 0 saturated heterocycles. The van der Waals surface area contributed by atoms with Crippen LogP contribution in [0.25, 0.3) is 0 Å². The maximum atomic E-state index is 13.2. The first-order valence-corrected chi connectivity index (χ1v) is 9.56. The van der Waals surface area contributed by atoms with Gasteiger partial charge in [0.15, 0.2) is 11.5 Å². The Bertz CT molecular complexity index is 925. The number of nitrogens with one attached hydrogen (secondary N) is 2. The molecule has 2 aliphatic rings. The number of benzene rings is 1. The third kappa shape index (κ3) is 3.48. The van der Waals surface area contributed by atoms with Crippen LogP contribution in [0.4, 0.5) is 4.79 Å². The molecule has 0 fully saturated rings. The zero-order valence-electron chi connectivity index (χ0n) is 16.6. The van der Waals surface area contributed by atoms with Crippen molar-refractivity contribution in [3.8, 4) is 11.5 Å². The van der Waals surface area contributed by atoms with Crippen molar-refractivity contribution in [1.29, 1.82) is 0 Å². The lowest BCUT2D eigenvalue weighted by molar-refractivity contribution is -0.144. The minimum absolute atomic E-state index is 0.110. The lowest BCUT2D eigenvalue weighted by Gasteiger charge is -2.36. The van der Waals surface area contributed by atoms with Gasteiger partial charge < -0.3 is 29.4 Å². The number of ether oxygens (including phenoxy) is 3. The Morgan fingerprint density at radius 1 is 1.31 bits per heavy atom. The predicted molar refractivity (Wildman–Crippen MR) is 103 cm³/mol. The summed E-state index contributed by atoms with van der Waals surface area (Å²) >= 11 is 0. The van der Waals surface area contributed by atoms with Gasteiger partial charge in [0.1, 0.15) is 12.1 Å². The highest BCUT2D eigenvalue weighted by Gasteiger charge is 2.37. The minimum Gasteiger partial charge on any atom is -0.467 e. The number of methoxy groups -OCH3 is 1. The second-order valence-corrected chi connectivity index (χ2v) is 7.42. The van der Waals surface area contributed by atoms with Crippen LogP contribution in [0.5, 0.6) is 11.5 Å². The summed E-state index contributed by atoms with van der Waals surface area (Å²) in [4.78, 5) is 34.6. The highest BCUT2D eigenvalue weighted by atomic mass is 16.7. The van der Waals surface area contributed by atoms with Crippen molar-refractivity contribution in [1.82, 2.24) is 20.2 Å². The van der Waals surface area contributed by atoms with Crippen LogP contribution in [0, 0.1) is 5.92 Å². The van der Waals surface area contributed by atoms with Gasteiger partial charge in [-0.25, -0.2) is 14.6 Å². The van der Waals surface area contributed by atoms with E-state index in [9.17, 15) is 9.59 Å². The van der Waals surface area contributed by atoms with E-state index < -0.39 is 18.1 Å². The van der Waals surface area contributed by atoms with E-state index in [0.29, 0.717) is 24.5 Å².